The number of likely N-dealkylation sites (N-methyl/N-ethyl adjacent to an activating group) is 1. The molecule has 0 aliphatic heterocycles. The van der Waals surface area contributed by atoms with Crippen molar-refractivity contribution < 1.29 is 26.0 Å². The Morgan fingerprint density at radius 3 is 2.05 bits per heavy atom. The maximum atomic E-state index is 13.3. The summed E-state index contributed by atoms with van der Waals surface area (Å²) >= 11 is 0. The number of rotatable bonds is 5. The van der Waals surface area contributed by atoms with Crippen LogP contribution in [-0.2, 0) is 10.0 Å². The van der Waals surface area contributed by atoms with E-state index in [9.17, 15) is 26.0 Å². The Hall–Kier alpha value is -1.19. The molecule has 0 spiro atoms. The Morgan fingerprint density at radius 2 is 1.63 bits per heavy atom. The summed E-state index contributed by atoms with van der Waals surface area (Å²) in [6.07, 6.45) is 0. The number of hydrogen-bond donors (Lipinski definition) is 2. The number of sulfonamides is 1. The van der Waals surface area contributed by atoms with Crippen LogP contribution in [0.2, 0.25) is 0 Å². The third kappa shape index (κ3) is 3.43. The molecular formula is C10H12F4N2O2S. The number of nitrogens with one attached hydrogen (secondary N) is 2. The topological polar surface area (TPSA) is 58.2 Å². The summed E-state index contributed by atoms with van der Waals surface area (Å²) in [5.41, 5.74) is 0. The van der Waals surface area contributed by atoms with Crippen LogP contribution in [0.15, 0.2) is 11.0 Å². The number of halogens is 4. The third-order valence-corrected chi connectivity index (χ3v) is 3.86. The van der Waals surface area contributed by atoms with E-state index < -0.39 is 38.2 Å². The van der Waals surface area contributed by atoms with Crippen molar-refractivity contribution in [2.45, 2.75) is 17.9 Å². The Bertz CT molecular complexity index is 551. The molecule has 0 aliphatic carbocycles. The molecule has 0 saturated heterocycles. The highest BCUT2D eigenvalue weighted by molar-refractivity contribution is 7.89. The zero-order valence-corrected chi connectivity index (χ0v) is 10.9. The van der Waals surface area contributed by atoms with Crippen LogP contribution >= 0.6 is 0 Å². The van der Waals surface area contributed by atoms with Crippen LogP contribution in [0.4, 0.5) is 17.6 Å². The van der Waals surface area contributed by atoms with Crippen molar-refractivity contribution in [1.29, 1.82) is 0 Å². The van der Waals surface area contributed by atoms with E-state index in [-0.39, 0.29) is 18.7 Å². The van der Waals surface area contributed by atoms with Gasteiger partial charge in [-0.1, -0.05) is 0 Å². The highest BCUT2D eigenvalue weighted by atomic mass is 32.2. The van der Waals surface area contributed by atoms with E-state index in [2.05, 4.69) is 5.32 Å². The smallest absolute Gasteiger partial charge is 0.246 e. The average molecular weight is 300 g/mol. The molecule has 1 atom stereocenters. The second-order valence-corrected chi connectivity index (χ2v) is 5.54. The molecule has 0 aromatic heterocycles. The van der Waals surface area contributed by atoms with Crippen molar-refractivity contribution in [1.82, 2.24) is 10.0 Å². The van der Waals surface area contributed by atoms with Crippen molar-refractivity contribution in [2.75, 3.05) is 13.6 Å². The summed E-state index contributed by atoms with van der Waals surface area (Å²) in [5.74, 6) is -7.46. The van der Waals surface area contributed by atoms with Gasteiger partial charge in [-0.15, -0.1) is 0 Å². The average Bonchev–Trinajstić information content (AvgIpc) is 2.33. The minimum absolute atomic E-state index is 0.0556. The Labute approximate surface area is 107 Å². The van der Waals surface area contributed by atoms with Gasteiger partial charge in [-0.3, -0.25) is 0 Å². The second kappa shape index (κ2) is 5.85. The van der Waals surface area contributed by atoms with Crippen LogP contribution in [0.5, 0.6) is 0 Å². The van der Waals surface area contributed by atoms with Gasteiger partial charge in [0.1, 0.15) is 0 Å². The molecule has 1 rings (SSSR count). The molecule has 1 aromatic rings. The fourth-order valence-electron chi connectivity index (χ4n) is 1.20. The first-order valence-electron chi connectivity index (χ1n) is 5.20. The lowest BCUT2D eigenvalue weighted by molar-refractivity contribution is 0.417. The predicted octanol–water partition coefficient (Wildman–Crippen LogP) is 1.13. The lowest BCUT2D eigenvalue weighted by Crippen LogP contribution is -2.37. The van der Waals surface area contributed by atoms with Gasteiger partial charge >= 0.3 is 0 Å². The summed E-state index contributed by atoms with van der Waals surface area (Å²) in [6, 6.07) is -0.390. The first-order chi connectivity index (χ1) is 8.70. The highest BCUT2D eigenvalue weighted by Gasteiger charge is 2.29. The summed E-state index contributed by atoms with van der Waals surface area (Å²) in [5, 5.41) is 2.68. The summed E-state index contributed by atoms with van der Waals surface area (Å²) in [4.78, 5) is -1.66. The van der Waals surface area contributed by atoms with E-state index in [0.717, 1.165) is 0 Å². The van der Waals surface area contributed by atoms with Crippen LogP contribution < -0.4 is 10.0 Å². The van der Waals surface area contributed by atoms with Crippen molar-refractivity contribution in [2.24, 2.45) is 0 Å². The molecule has 0 aliphatic rings. The van der Waals surface area contributed by atoms with Crippen molar-refractivity contribution in [3.63, 3.8) is 0 Å². The zero-order valence-electron chi connectivity index (χ0n) is 10.1. The summed E-state index contributed by atoms with van der Waals surface area (Å²) < 4.78 is 77.7. The Balaban J connectivity index is 3.22. The fraction of sp³-hybridized carbons (Fsp3) is 0.400. The third-order valence-electron chi connectivity index (χ3n) is 2.41. The normalized spacial score (nSPS) is 13.6. The summed E-state index contributed by atoms with van der Waals surface area (Å²) in [6.45, 7) is 1.40. The predicted molar refractivity (Wildman–Crippen MR) is 60.0 cm³/mol. The first-order valence-corrected chi connectivity index (χ1v) is 6.69. The molecule has 108 valence electrons. The molecule has 2 N–H and O–H groups in total. The van der Waals surface area contributed by atoms with Crippen molar-refractivity contribution in [3.8, 4) is 0 Å². The molecule has 0 amide bonds. The minimum atomic E-state index is -4.69. The maximum Gasteiger partial charge on any atom is 0.246 e. The van der Waals surface area contributed by atoms with Crippen LogP contribution in [0.25, 0.3) is 0 Å². The van der Waals surface area contributed by atoms with E-state index in [1.165, 1.54) is 0 Å². The molecule has 0 heterocycles. The van der Waals surface area contributed by atoms with Gasteiger partial charge in [0.05, 0.1) is 0 Å². The van der Waals surface area contributed by atoms with Crippen molar-refractivity contribution >= 4 is 10.0 Å². The largest absolute Gasteiger partial charge is 0.316 e. The zero-order chi connectivity index (χ0) is 14.8. The highest BCUT2D eigenvalue weighted by Crippen LogP contribution is 2.23. The molecule has 1 unspecified atom stereocenters. The molecule has 4 nitrogen and oxygen atoms in total. The molecule has 0 saturated carbocycles. The SMILES string of the molecule is CNC(C)CNS(=O)(=O)c1c(F)c(F)cc(F)c1F. The second-order valence-electron chi connectivity index (χ2n) is 3.84. The van der Waals surface area contributed by atoms with Crippen LogP contribution in [0.3, 0.4) is 0 Å². The van der Waals surface area contributed by atoms with Gasteiger partial charge in [0.2, 0.25) is 10.0 Å². The maximum absolute atomic E-state index is 13.3. The summed E-state index contributed by atoms with van der Waals surface area (Å²) in [7, 11) is -3.15. The molecule has 19 heavy (non-hydrogen) atoms. The van der Waals surface area contributed by atoms with Gasteiger partial charge in [0.25, 0.3) is 0 Å². The van der Waals surface area contributed by atoms with Gasteiger partial charge in [-0.05, 0) is 14.0 Å². The Kier molecular flexibility index (Phi) is 4.88. The van der Waals surface area contributed by atoms with E-state index >= 15 is 0 Å². The van der Waals surface area contributed by atoms with Crippen LogP contribution in [-0.4, -0.2) is 28.1 Å². The van der Waals surface area contributed by atoms with Gasteiger partial charge in [-0.25, -0.2) is 30.7 Å². The Morgan fingerprint density at radius 1 is 1.16 bits per heavy atom. The quantitative estimate of drug-likeness (QED) is 0.633. The fourth-order valence-corrected chi connectivity index (χ4v) is 2.48. The van der Waals surface area contributed by atoms with Crippen LogP contribution in [0.1, 0.15) is 6.92 Å². The van der Waals surface area contributed by atoms with E-state index in [4.69, 9.17) is 0 Å². The van der Waals surface area contributed by atoms with Gasteiger partial charge < -0.3 is 5.32 Å². The molecule has 0 fully saturated rings. The van der Waals surface area contributed by atoms with Gasteiger partial charge in [0.15, 0.2) is 28.2 Å². The van der Waals surface area contributed by atoms with Gasteiger partial charge in [-0.2, -0.15) is 0 Å². The monoisotopic (exact) mass is 300 g/mol. The van der Waals surface area contributed by atoms with Crippen LogP contribution in [0, 0.1) is 23.3 Å². The molecule has 0 radical (unpaired) electrons. The molecular weight excluding hydrogens is 288 g/mol. The molecule has 0 bridgehead atoms. The van der Waals surface area contributed by atoms with Gasteiger partial charge in [0, 0.05) is 18.7 Å². The number of hydrogen-bond acceptors (Lipinski definition) is 3. The van der Waals surface area contributed by atoms with E-state index in [0.29, 0.717) is 0 Å². The van der Waals surface area contributed by atoms with E-state index in [1.807, 2.05) is 4.72 Å². The minimum Gasteiger partial charge on any atom is -0.316 e. The number of benzene rings is 1. The van der Waals surface area contributed by atoms with E-state index in [1.54, 1.807) is 14.0 Å². The van der Waals surface area contributed by atoms with Crippen molar-refractivity contribution in [3.05, 3.63) is 29.3 Å². The first kappa shape index (κ1) is 15.9. The molecule has 9 heteroatoms. The molecule has 1 aromatic carbocycles. The standard InChI is InChI=1S/C10H12F4N2O2S/c1-5(15-2)4-16-19(17,18)10-8(13)6(11)3-7(12)9(10)14/h3,5,15-16H,4H2,1-2H3. The lowest BCUT2D eigenvalue weighted by atomic mass is 10.3. The lowest BCUT2D eigenvalue weighted by Gasteiger charge is -2.13.